The van der Waals surface area contributed by atoms with E-state index in [0.29, 0.717) is 5.75 Å². The van der Waals surface area contributed by atoms with Crippen LogP contribution in [-0.4, -0.2) is 58.8 Å². The number of thioether (sulfide) groups is 1. The summed E-state index contributed by atoms with van der Waals surface area (Å²) >= 11 is 1.51. The zero-order chi connectivity index (χ0) is 13.5. The Morgan fingerprint density at radius 1 is 1.47 bits per heavy atom. The fourth-order valence-corrected chi connectivity index (χ4v) is 2.02. The summed E-state index contributed by atoms with van der Waals surface area (Å²) in [6.45, 7) is 3.29. The molecule has 0 heterocycles. The Morgan fingerprint density at radius 3 is 2.47 bits per heavy atom. The molecule has 0 fully saturated rings. The summed E-state index contributed by atoms with van der Waals surface area (Å²) in [5, 5.41) is 23.8. The largest absolute Gasteiger partial charge is 0.480 e. The van der Waals surface area contributed by atoms with Crippen molar-refractivity contribution in [1.29, 1.82) is 0 Å². The molecule has 1 amide bonds. The number of carboxylic acids is 1. The number of hydrogen-bond donors (Lipinski definition) is 4. The maximum absolute atomic E-state index is 10.8. The number of carbonyl (C=O) groups excluding carboxylic acids is 1. The summed E-state index contributed by atoms with van der Waals surface area (Å²) in [4.78, 5) is 21.6. The van der Waals surface area contributed by atoms with Crippen LogP contribution in [0.3, 0.4) is 0 Å². The molecule has 0 bridgehead atoms. The van der Waals surface area contributed by atoms with Gasteiger partial charge in [0.05, 0.1) is 5.60 Å². The molecule has 0 aromatic rings. The molecule has 2 unspecified atom stereocenters. The minimum atomic E-state index is -1.10. The van der Waals surface area contributed by atoms with Crippen molar-refractivity contribution in [2.24, 2.45) is 0 Å². The van der Waals surface area contributed by atoms with Gasteiger partial charge in [0.25, 0.3) is 0 Å². The predicted molar refractivity (Wildman–Crippen MR) is 67.1 cm³/mol. The second-order valence-corrected chi connectivity index (χ2v) is 5.02. The van der Waals surface area contributed by atoms with E-state index in [1.165, 1.54) is 18.7 Å². The first-order chi connectivity index (χ1) is 7.78. The molecule has 0 aromatic heterocycles. The molecule has 4 N–H and O–H groups in total. The molecule has 0 spiro atoms. The van der Waals surface area contributed by atoms with Crippen LogP contribution in [0.15, 0.2) is 0 Å². The summed E-state index contributed by atoms with van der Waals surface area (Å²) in [7, 11) is 0. The quantitative estimate of drug-likeness (QED) is 0.462. The maximum Gasteiger partial charge on any atom is 0.327 e. The Hall–Kier alpha value is -0.790. The van der Waals surface area contributed by atoms with Crippen molar-refractivity contribution in [1.82, 2.24) is 10.6 Å². The first-order valence-corrected chi connectivity index (χ1v) is 6.60. The van der Waals surface area contributed by atoms with Gasteiger partial charge in [0.1, 0.15) is 6.04 Å². The summed E-state index contributed by atoms with van der Waals surface area (Å²) in [6.07, 6.45) is 1.88. The van der Waals surface area contributed by atoms with Crippen LogP contribution in [0.5, 0.6) is 0 Å². The summed E-state index contributed by atoms with van der Waals surface area (Å²) in [5.41, 5.74) is -0.890. The van der Waals surface area contributed by atoms with E-state index in [9.17, 15) is 14.7 Å². The van der Waals surface area contributed by atoms with E-state index in [4.69, 9.17) is 5.11 Å². The third-order valence-corrected chi connectivity index (χ3v) is 2.90. The van der Waals surface area contributed by atoms with E-state index in [-0.39, 0.29) is 13.1 Å². The average Bonchev–Trinajstić information content (AvgIpc) is 2.14. The van der Waals surface area contributed by atoms with E-state index in [2.05, 4.69) is 10.6 Å². The SMILES string of the molecule is CSCC(C)(O)CNCC(NC(C)=O)C(=O)O. The number of carboxylic acid groups (broad SMARTS) is 1. The summed E-state index contributed by atoms with van der Waals surface area (Å²) in [6, 6.07) is -0.974. The Bertz CT molecular complexity index is 271. The van der Waals surface area contributed by atoms with Gasteiger partial charge in [0.2, 0.25) is 5.91 Å². The van der Waals surface area contributed by atoms with Gasteiger partial charge in [-0.25, -0.2) is 4.79 Å². The highest BCUT2D eigenvalue weighted by molar-refractivity contribution is 7.98. The van der Waals surface area contributed by atoms with Crippen LogP contribution in [0.2, 0.25) is 0 Å². The molecule has 0 saturated heterocycles. The van der Waals surface area contributed by atoms with Crippen LogP contribution < -0.4 is 10.6 Å². The number of aliphatic hydroxyl groups is 1. The van der Waals surface area contributed by atoms with Crippen molar-refractivity contribution >= 4 is 23.6 Å². The molecule has 0 aliphatic rings. The number of hydrogen-bond acceptors (Lipinski definition) is 5. The van der Waals surface area contributed by atoms with E-state index in [1.54, 1.807) is 6.92 Å². The topological polar surface area (TPSA) is 98.7 Å². The lowest BCUT2D eigenvalue weighted by molar-refractivity contribution is -0.141. The molecular weight excluding hydrogens is 244 g/mol. The average molecular weight is 264 g/mol. The van der Waals surface area contributed by atoms with E-state index < -0.39 is 23.5 Å². The Labute approximate surface area is 105 Å². The van der Waals surface area contributed by atoms with E-state index in [1.807, 2.05) is 6.26 Å². The Balaban J connectivity index is 4.06. The van der Waals surface area contributed by atoms with Crippen LogP contribution in [0.25, 0.3) is 0 Å². The zero-order valence-electron chi connectivity index (χ0n) is 10.3. The molecular formula is C10H20N2O4S. The van der Waals surface area contributed by atoms with Crippen LogP contribution in [0, 0.1) is 0 Å². The van der Waals surface area contributed by atoms with Crippen LogP contribution in [0.1, 0.15) is 13.8 Å². The fraction of sp³-hybridized carbons (Fsp3) is 0.800. The molecule has 6 nitrogen and oxygen atoms in total. The Morgan fingerprint density at radius 2 is 2.06 bits per heavy atom. The number of nitrogens with one attached hydrogen (secondary N) is 2. The standard InChI is InChI=1S/C10H20N2O4S/c1-7(13)12-8(9(14)15)4-11-5-10(2,16)6-17-3/h8,11,16H,4-6H2,1-3H3,(H,12,13)(H,14,15). The van der Waals surface area contributed by atoms with Gasteiger partial charge < -0.3 is 20.8 Å². The third kappa shape index (κ3) is 8.00. The minimum absolute atomic E-state index is 0.0828. The molecule has 17 heavy (non-hydrogen) atoms. The van der Waals surface area contributed by atoms with Gasteiger partial charge in [-0.2, -0.15) is 11.8 Å². The third-order valence-electron chi connectivity index (χ3n) is 1.99. The second kappa shape index (κ2) is 7.52. The lowest BCUT2D eigenvalue weighted by atomic mass is 10.1. The number of amides is 1. The highest BCUT2D eigenvalue weighted by Gasteiger charge is 2.22. The molecule has 0 radical (unpaired) electrons. The number of rotatable bonds is 8. The lowest BCUT2D eigenvalue weighted by Gasteiger charge is -2.23. The van der Waals surface area contributed by atoms with Crippen molar-refractivity contribution in [2.45, 2.75) is 25.5 Å². The number of carbonyl (C=O) groups is 2. The van der Waals surface area contributed by atoms with Gasteiger partial charge in [-0.05, 0) is 13.2 Å². The molecule has 0 saturated carbocycles. The van der Waals surface area contributed by atoms with Crippen LogP contribution >= 0.6 is 11.8 Å². The van der Waals surface area contributed by atoms with Crippen molar-refractivity contribution in [2.75, 3.05) is 25.1 Å². The molecule has 0 aromatic carbocycles. The van der Waals surface area contributed by atoms with Gasteiger partial charge in [0.15, 0.2) is 0 Å². The van der Waals surface area contributed by atoms with Crippen molar-refractivity contribution in [3.05, 3.63) is 0 Å². The summed E-state index contributed by atoms with van der Waals surface area (Å²) in [5.74, 6) is -0.940. The first kappa shape index (κ1) is 16.2. The first-order valence-electron chi connectivity index (χ1n) is 5.20. The monoisotopic (exact) mass is 264 g/mol. The van der Waals surface area contributed by atoms with Gasteiger partial charge in [-0.15, -0.1) is 0 Å². The van der Waals surface area contributed by atoms with Crippen molar-refractivity contribution < 1.29 is 19.8 Å². The normalized spacial score (nSPS) is 16.0. The zero-order valence-corrected chi connectivity index (χ0v) is 11.1. The molecule has 7 heteroatoms. The van der Waals surface area contributed by atoms with Gasteiger partial charge in [-0.1, -0.05) is 0 Å². The second-order valence-electron chi connectivity index (χ2n) is 4.15. The molecule has 0 aliphatic heterocycles. The fourth-order valence-electron chi connectivity index (χ4n) is 1.29. The minimum Gasteiger partial charge on any atom is -0.480 e. The van der Waals surface area contributed by atoms with E-state index >= 15 is 0 Å². The molecule has 100 valence electrons. The highest BCUT2D eigenvalue weighted by atomic mass is 32.2. The summed E-state index contributed by atoms with van der Waals surface area (Å²) < 4.78 is 0. The number of aliphatic carboxylic acids is 1. The predicted octanol–water partition coefficient (Wildman–Crippen LogP) is -0.721. The van der Waals surface area contributed by atoms with Crippen LogP contribution in [0.4, 0.5) is 0 Å². The maximum atomic E-state index is 10.8. The van der Waals surface area contributed by atoms with Crippen LogP contribution in [-0.2, 0) is 9.59 Å². The lowest BCUT2D eigenvalue weighted by Crippen LogP contribution is -2.49. The highest BCUT2D eigenvalue weighted by Crippen LogP contribution is 2.08. The molecule has 0 rings (SSSR count). The van der Waals surface area contributed by atoms with Gasteiger partial charge >= 0.3 is 5.97 Å². The molecule has 2 atom stereocenters. The Kier molecular flexibility index (Phi) is 7.17. The van der Waals surface area contributed by atoms with Gasteiger partial charge in [0, 0.05) is 25.8 Å². The van der Waals surface area contributed by atoms with Crippen molar-refractivity contribution in [3.8, 4) is 0 Å². The van der Waals surface area contributed by atoms with Gasteiger partial charge in [-0.3, -0.25) is 4.79 Å². The van der Waals surface area contributed by atoms with Crippen molar-refractivity contribution in [3.63, 3.8) is 0 Å². The van der Waals surface area contributed by atoms with E-state index in [0.717, 1.165) is 0 Å². The molecule has 0 aliphatic carbocycles. The smallest absolute Gasteiger partial charge is 0.327 e.